The van der Waals surface area contributed by atoms with Crippen LogP contribution in [0.15, 0.2) is 34.9 Å². The van der Waals surface area contributed by atoms with E-state index in [2.05, 4.69) is 33.6 Å². The lowest BCUT2D eigenvalue weighted by atomic mass is 9.97. The third kappa shape index (κ3) is 3.94. The van der Waals surface area contributed by atoms with Gasteiger partial charge in [-0.25, -0.2) is 4.98 Å². The molecule has 26 heavy (non-hydrogen) atoms. The zero-order chi connectivity index (χ0) is 17.9. The van der Waals surface area contributed by atoms with Crippen LogP contribution in [0.4, 0.5) is 0 Å². The fourth-order valence-corrected chi connectivity index (χ4v) is 4.34. The molecular weight excluding hydrogens is 348 g/mol. The van der Waals surface area contributed by atoms with Crippen LogP contribution in [0.25, 0.3) is 10.2 Å². The van der Waals surface area contributed by atoms with Crippen LogP contribution in [0.3, 0.4) is 0 Å². The molecule has 6 nitrogen and oxygen atoms in total. The number of benzene rings is 1. The lowest BCUT2D eigenvalue weighted by Crippen LogP contribution is -2.38. The maximum atomic E-state index is 12.0. The van der Waals surface area contributed by atoms with Gasteiger partial charge in [-0.2, -0.15) is 0 Å². The highest BCUT2D eigenvalue weighted by molar-refractivity contribution is 7.18. The molecule has 0 aliphatic carbocycles. The summed E-state index contributed by atoms with van der Waals surface area (Å²) in [6.45, 7) is 5.47. The molecule has 1 saturated heterocycles. The number of rotatable bonds is 5. The Hall–Kier alpha value is -2.25. The number of nitrogens with one attached hydrogen (secondary N) is 1. The van der Waals surface area contributed by atoms with Crippen LogP contribution in [-0.2, 0) is 6.54 Å². The second-order valence-corrected chi connectivity index (χ2v) is 7.94. The van der Waals surface area contributed by atoms with Crippen molar-refractivity contribution in [3.63, 3.8) is 0 Å². The third-order valence-electron chi connectivity index (χ3n) is 4.82. The number of hydrogen-bond acceptors (Lipinski definition) is 6. The Labute approximate surface area is 156 Å². The zero-order valence-corrected chi connectivity index (χ0v) is 15.6. The highest BCUT2D eigenvalue weighted by Crippen LogP contribution is 2.24. The summed E-state index contributed by atoms with van der Waals surface area (Å²) in [5.41, 5.74) is 1.45. The average molecular weight is 370 g/mol. The second kappa shape index (κ2) is 7.55. The quantitative estimate of drug-likeness (QED) is 0.747. The van der Waals surface area contributed by atoms with Crippen molar-refractivity contribution in [3.8, 4) is 0 Å². The fraction of sp³-hybridized carbons (Fsp3) is 0.421. The third-order valence-corrected chi connectivity index (χ3v) is 5.84. The van der Waals surface area contributed by atoms with Crippen molar-refractivity contribution < 1.29 is 9.32 Å². The number of fused-ring (bicyclic) bond motifs is 1. The molecule has 1 N–H and O–H groups in total. The summed E-state index contributed by atoms with van der Waals surface area (Å²) in [4.78, 5) is 19.2. The molecule has 0 unspecified atom stereocenters. The Kier molecular flexibility index (Phi) is 4.99. The molecule has 2 aromatic heterocycles. The molecular formula is C19H22N4O2S. The predicted molar refractivity (Wildman–Crippen MR) is 101 cm³/mol. The van der Waals surface area contributed by atoms with Gasteiger partial charge >= 0.3 is 0 Å². The maximum Gasteiger partial charge on any atom is 0.273 e. The van der Waals surface area contributed by atoms with Crippen LogP contribution in [-0.4, -0.2) is 40.6 Å². The van der Waals surface area contributed by atoms with E-state index in [0.29, 0.717) is 23.9 Å². The highest BCUT2D eigenvalue weighted by Gasteiger charge is 2.21. The van der Waals surface area contributed by atoms with Gasteiger partial charge in [-0.1, -0.05) is 17.3 Å². The number of nitrogens with zero attached hydrogens (tertiary/aromatic N) is 3. The first-order chi connectivity index (χ1) is 12.7. The lowest BCUT2D eigenvalue weighted by molar-refractivity contribution is 0.0926. The molecule has 4 rings (SSSR count). The van der Waals surface area contributed by atoms with E-state index in [-0.39, 0.29) is 5.91 Å². The number of piperidine rings is 1. The SMILES string of the molecule is Cc1cc(C(=O)NCC2CCN(Cc3nc4ccccc4s3)CC2)no1. The largest absolute Gasteiger partial charge is 0.361 e. The van der Waals surface area contributed by atoms with E-state index in [1.165, 1.54) is 9.71 Å². The number of carbonyl (C=O) groups is 1. The fourth-order valence-electron chi connectivity index (χ4n) is 3.33. The number of hydrogen-bond donors (Lipinski definition) is 1. The normalized spacial score (nSPS) is 16.2. The number of amides is 1. The molecule has 0 saturated carbocycles. The molecule has 0 radical (unpaired) electrons. The van der Waals surface area contributed by atoms with Crippen molar-refractivity contribution in [3.05, 3.63) is 46.8 Å². The summed E-state index contributed by atoms with van der Waals surface area (Å²) in [5.74, 6) is 1.01. The Bertz CT molecular complexity index is 863. The molecule has 0 spiro atoms. The van der Waals surface area contributed by atoms with Gasteiger partial charge in [-0.05, 0) is 50.9 Å². The summed E-state index contributed by atoms with van der Waals surface area (Å²) < 4.78 is 6.20. The van der Waals surface area contributed by atoms with E-state index < -0.39 is 0 Å². The number of para-hydroxylation sites is 1. The van der Waals surface area contributed by atoms with E-state index in [1.807, 2.05) is 6.07 Å². The van der Waals surface area contributed by atoms with Gasteiger partial charge in [0.05, 0.1) is 16.8 Å². The molecule has 3 aromatic rings. The number of aromatic nitrogens is 2. The van der Waals surface area contributed by atoms with Crippen molar-refractivity contribution >= 4 is 27.5 Å². The van der Waals surface area contributed by atoms with Crippen molar-refractivity contribution in [2.45, 2.75) is 26.3 Å². The number of likely N-dealkylation sites (tertiary alicyclic amines) is 1. The molecule has 1 aliphatic rings. The first-order valence-electron chi connectivity index (χ1n) is 8.96. The topological polar surface area (TPSA) is 71.3 Å². The van der Waals surface area contributed by atoms with Gasteiger partial charge in [0.2, 0.25) is 0 Å². The molecule has 7 heteroatoms. The van der Waals surface area contributed by atoms with Crippen LogP contribution in [0.1, 0.15) is 34.1 Å². The molecule has 1 fully saturated rings. The zero-order valence-electron chi connectivity index (χ0n) is 14.8. The average Bonchev–Trinajstić information content (AvgIpc) is 3.26. The van der Waals surface area contributed by atoms with Gasteiger partial charge in [-0.15, -0.1) is 11.3 Å². The van der Waals surface area contributed by atoms with Gasteiger partial charge in [0.15, 0.2) is 5.69 Å². The van der Waals surface area contributed by atoms with Gasteiger partial charge < -0.3 is 9.84 Å². The van der Waals surface area contributed by atoms with Crippen LogP contribution < -0.4 is 5.32 Å². The van der Waals surface area contributed by atoms with Crippen molar-refractivity contribution in [2.75, 3.05) is 19.6 Å². The summed E-state index contributed by atoms with van der Waals surface area (Å²) >= 11 is 1.78. The van der Waals surface area contributed by atoms with Gasteiger partial charge in [0, 0.05) is 12.6 Å². The molecule has 1 amide bonds. The Morgan fingerprint density at radius 1 is 1.35 bits per heavy atom. The maximum absolute atomic E-state index is 12.0. The smallest absolute Gasteiger partial charge is 0.273 e. The van der Waals surface area contributed by atoms with E-state index >= 15 is 0 Å². The molecule has 1 aliphatic heterocycles. The van der Waals surface area contributed by atoms with Gasteiger partial charge in [-0.3, -0.25) is 9.69 Å². The number of aryl methyl sites for hydroxylation is 1. The van der Waals surface area contributed by atoms with Gasteiger partial charge in [0.1, 0.15) is 10.8 Å². The van der Waals surface area contributed by atoms with Crippen molar-refractivity contribution in [1.82, 2.24) is 20.4 Å². The number of carbonyl (C=O) groups excluding carboxylic acids is 1. The second-order valence-electron chi connectivity index (χ2n) is 6.83. The van der Waals surface area contributed by atoms with E-state index in [1.54, 1.807) is 24.3 Å². The molecule has 0 bridgehead atoms. The first kappa shape index (κ1) is 17.2. The molecule has 1 aromatic carbocycles. The van der Waals surface area contributed by atoms with E-state index in [0.717, 1.165) is 38.0 Å². The molecule has 3 heterocycles. The lowest BCUT2D eigenvalue weighted by Gasteiger charge is -2.31. The monoisotopic (exact) mass is 370 g/mol. The Balaban J connectivity index is 1.24. The van der Waals surface area contributed by atoms with Crippen LogP contribution in [0.5, 0.6) is 0 Å². The summed E-state index contributed by atoms with van der Waals surface area (Å²) in [5, 5.41) is 7.91. The van der Waals surface area contributed by atoms with Crippen molar-refractivity contribution in [1.29, 1.82) is 0 Å². The van der Waals surface area contributed by atoms with E-state index in [4.69, 9.17) is 9.51 Å². The predicted octanol–water partition coefficient (Wildman–Crippen LogP) is 3.23. The summed E-state index contributed by atoms with van der Waals surface area (Å²) in [7, 11) is 0. The molecule has 0 atom stereocenters. The van der Waals surface area contributed by atoms with Crippen LogP contribution in [0.2, 0.25) is 0 Å². The first-order valence-corrected chi connectivity index (χ1v) is 9.77. The number of thiazole rings is 1. The minimum atomic E-state index is -0.154. The van der Waals surface area contributed by atoms with Crippen LogP contribution in [0, 0.1) is 12.8 Å². The van der Waals surface area contributed by atoms with Crippen molar-refractivity contribution in [2.24, 2.45) is 5.92 Å². The van der Waals surface area contributed by atoms with Gasteiger partial charge in [0.25, 0.3) is 5.91 Å². The summed E-state index contributed by atoms with van der Waals surface area (Å²) in [6, 6.07) is 9.95. The Morgan fingerprint density at radius 3 is 2.88 bits per heavy atom. The summed E-state index contributed by atoms with van der Waals surface area (Å²) in [6.07, 6.45) is 2.17. The Morgan fingerprint density at radius 2 is 2.15 bits per heavy atom. The van der Waals surface area contributed by atoms with E-state index in [9.17, 15) is 4.79 Å². The minimum absolute atomic E-state index is 0.154. The minimum Gasteiger partial charge on any atom is -0.361 e. The highest BCUT2D eigenvalue weighted by atomic mass is 32.1. The standard InChI is InChI=1S/C19H22N4O2S/c1-13-10-16(22-25-13)19(24)20-11-14-6-8-23(9-7-14)12-18-21-15-4-2-3-5-17(15)26-18/h2-5,10,14H,6-9,11-12H2,1H3,(H,20,24). The molecule has 136 valence electrons. The van der Waals surface area contributed by atoms with Crippen LogP contribution >= 0.6 is 11.3 Å².